The lowest BCUT2D eigenvalue weighted by Crippen LogP contribution is -2.64. The summed E-state index contributed by atoms with van der Waals surface area (Å²) in [6.45, 7) is 5.13. The lowest BCUT2D eigenvalue weighted by molar-refractivity contribution is -0.209. The van der Waals surface area contributed by atoms with Crippen molar-refractivity contribution < 1.29 is 37.7 Å². The topological polar surface area (TPSA) is 101 Å². The van der Waals surface area contributed by atoms with Gasteiger partial charge in [-0.3, -0.25) is 14.4 Å². The van der Waals surface area contributed by atoms with Gasteiger partial charge >= 0.3 is 17.9 Å². The van der Waals surface area contributed by atoms with Gasteiger partial charge in [0, 0.05) is 37.2 Å². The smallest absolute Gasteiger partial charge is 0.313 e. The predicted octanol–water partition coefficient (Wildman–Crippen LogP) is 3.55. The molecule has 0 unspecified atom stereocenters. The third-order valence-corrected chi connectivity index (χ3v) is 8.50. The first-order valence-electron chi connectivity index (χ1n) is 11.5. The number of esters is 3. The van der Waals surface area contributed by atoms with Crippen molar-refractivity contribution in [3.05, 3.63) is 24.2 Å². The van der Waals surface area contributed by atoms with E-state index in [9.17, 15) is 14.4 Å². The van der Waals surface area contributed by atoms with Crippen LogP contribution in [-0.2, 0) is 33.3 Å². The summed E-state index contributed by atoms with van der Waals surface area (Å²) in [6, 6.07) is 1.83. The number of cyclic esters (lactones) is 1. The molecule has 1 aromatic rings. The molecule has 4 fully saturated rings. The van der Waals surface area contributed by atoms with E-state index in [-0.39, 0.29) is 42.4 Å². The van der Waals surface area contributed by atoms with Gasteiger partial charge in [0.1, 0.15) is 12.2 Å². The van der Waals surface area contributed by atoms with E-state index in [1.807, 2.05) is 6.07 Å². The maximum absolute atomic E-state index is 13.6. The number of furan rings is 1. The molecule has 32 heavy (non-hydrogen) atoms. The number of carbonyl (C=O) groups excluding carboxylic acids is 3. The zero-order chi connectivity index (χ0) is 22.7. The summed E-state index contributed by atoms with van der Waals surface area (Å²) in [5.41, 5.74) is -0.460. The van der Waals surface area contributed by atoms with Gasteiger partial charge in [-0.1, -0.05) is 13.3 Å². The van der Waals surface area contributed by atoms with E-state index in [1.165, 1.54) is 13.8 Å². The van der Waals surface area contributed by atoms with Crippen molar-refractivity contribution >= 4 is 17.9 Å². The molecule has 5 rings (SSSR count). The zero-order valence-electron chi connectivity index (χ0n) is 18.7. The molecule has 8 heteroatoms. The predicted molar refractivity (Wildman–Crippen MR) is 109 cm³/mol. The summed E-state index contributed by atoms with van der Waals surface area (Å²) >= 11 is 0. The monoisotopic (exact) mass is 446 g/mol. The first kappa shape index (κ1) is 21.5. The highest BCUT2D eigenvalue weighted by molar-refractivity contribution is 5.81. The molecule has 1 aromatic heterocycles. The third-order valence-electron chi connectivity index (χ3n) is 8.50. The Labute approximate surface area is 186 Å². The third kappa shape index (κ3) is 2.95. The van der Waals surface area contributed by atoms with Crippen LogP contribution in [0.1, 0.15) is 64.5 Å². The molecule has 2 aliphatic heterocycles. The average Bonchev–Trinajstić information content (AvgIpc) is 3.44. The fourth-order valence-electron chi connectivity index (χ4n) is 7.30. The highest BCUT2D eigenvalue weighted by Gasteiger charge is 2.73. The van der Waals surface area contributed by atoms with Gasteiger partial charge in [0.25, 0.3) is 0 Å². The van der Waals surface area contributed by atoms with E-state index in [1.54, 1.807) is 12.5 Å². The largest absolute Gasteiger partial charge is 0.472 e. The van der Waals surface area contributed by atoms with Gasteiger partial charge < -0.3 is 23.4 Å². The SMILES string of the molecule is CC(=O)O[C@@H]1OC[C@@]23[C@H](CCC[C@@H]12)[C@@]1(C[C@@H](c2ccoc2)OC1=O)[C@H](C)C[C@H]3OC(C)=O. The molecule has 0 aromatic carbocycles. The Hall–Kier alpha value is -2.35. The molecule has 0 amide bonds. The van der Waals surface area contributed by atoms with Gasteiger partial charge in [-0.15, -0.1) is 0 Å². The van der Waals surface area contributed by atoms with Crippen LogP contribution in [0, 0.1) is 28.6 Å². The second-order valence-corrected chi connectivity index (χ2v) is 9.92. The second kappa shape index (κ2) is 7.61. The van der Waals surface area contributed by atoms with Crippen LogP contribution in [0.15, 0.2) is 23.0 Å². The molecule has 8 atom stereocenters. The van der Waals surface area contributed by atoms with Gasteiger partial charge in [-0.2, -0.15) is 0 Å². The lowest BCUT2D eigenvalue weighted by atomic mass is 9.43. The van der Waals surface area contributed by atoms with Crippen LogP contribution in [0.2, 0.25) is 0 Å². The fourth-order valence-corrected chi connectivity index (χ4v) is 7.30. The summed E-state index contributed by atoms with van der Waals surface area (Å²) < 4.78 is 28.7. The summed E-state index contributed by atoms with van der Waals surface area (Å²) in [5.74, 6) is -1.24. The van der Waals surface area contributed by atoms with Crippen LogP contribution in [0.4, 0.5) is 0 Å². The van der Waals surface area contributed by atoms with E-state index >= 15 is 0 Å². The number of hydrogen-bond donors (Lipinski definition) is 0. The van der Waals surface area contributed by atoms with Gasteiger partial charge in [-0.25, -0.2) is 0 Å². The summed E-state index contributed by atoms with van der Waals surface area (Å²) in [4.78, 5) is 37.4. The van der Waals surface area contributed by atoms with Crippen molar-refractivity contribution in [2.75, 3.05) is 6.61 Å². The van der Waals surface area contributed by atoms with E-state index in [4.69, 9.17) is 23.4 Å². The van der Waals surface area contributed by atoms with Gasteiger partial charge in [-0.05, 0) is 37.2 Å². The Morgan fingerprint density at radius 3 is 2.62 bits per heavy atom. The molecule has 2 aliphatic carbocycles. The summed E-state index contributed by atoms with van der Waals surface area (Å²) in [7, 11) is 0. The first-order chi connectivity index (χ1) is 15.3. The van der Waals surface area contributed by atoms with Crippen molar-refractivity contribution in [2.45, 2.75) is 71.4 Å². The average molecular weight is 446 g/mol. The molecule has 3 heterocycles. The number of carbonyl (C=O) groups is 3. The molecule has 2 spiro atoms. The highest BCUT2D eigenvalue weighted by atomic mass is 16.7. The molecule has 4 aliphatic rings. The molecule has 2 saturated heterocycles. The van der Waals surface area contributed by atoms with Crippen LogP contribution in [0.25, 0.3) is 0 Å². The maximum Gasteiger partial charge on any atom is 0.313 e. The minimum atomic E-state index is -0.717. The normalized spacial score (nSPS) is 42.8. The van der Waals surface area contributed by atoms with Crippen molar-refractivity contribution in [2.24, 2.45) is 28.6 Å². The number of fused-ring (bicyclic) bond motifs is 1. The van der Waals surface area contributed by atoms with E-state index in [0.717, 1.165) is 24.8 Å². The van der Waals surface area contributed by atoms with Crippen LogP contribution in [0.5, 0.6) is 0 Å². The van der Waals surface area contributed by atoms with Crippen molar-refractivity contribution in [1.82, 2.24) is 0 Å². The Kier molecular flexibility index (Phi) is 5.11. The van der Waals surface area contributed by atoms with Crippen LogP contribution in [-0.4, -0.2) is 36.9 Å². The minimum absolute atomic E-state index is 0.0431. The fraction of sp³-hybridized carbons (Fsp3) is 0.708. The van der Waals surface area contributed by atoms with Crippen molar-refractivity contribution in [3.8, 4) is 0 Å². The standard InChI is InChI=1S/C24H30O8/c1-13-9-20(30-14(2)25)24-12-29-21(31-15(3)26)17(24)5-4-6-19(24)23(13)10-18(32-22(23)27)16-7-8-28-11-16/h7-8,11,13,17-21H,4-6,9-10,12H2,1-3H3/t13-,17+,18+,19-,20-,21+,23-,24+/m1/s1. The van der Waals surface area contributed by atoms with Gasteiger partial charge in [0.15, 0.2) is 0 Å². The Balaban J connectivity index is 1.58. The molecule has 8 nitrogen and oxygen atoms in total. The molecular formula is C24H30O8. The Morgan fingerprint density at radius 2 is 1.94 bits per heavy atom. The number of rotatable bonds is 3. The maximum atomic E-state index is 13.6. The first-order valence-corrected chi connectivity index (χ1v) is 11.5. The van der Waals surface area contributed by atoms with E-state index in [0.29, 0.717) is 12.8 Å². The Bertz CT molecular complexity index is 909. The van der Waals surface area contributed by atoms with Crippen LogP contribution in [0.3, 0.4) is 0 Å². The van der Waals surface area contributed by atoms with Crippen molar-refractivity contribution in [3.63, 3.8) is 0 Å². The molecule has 0 bridgehead atoms. The van der Waals surface area contributed by atoms with E-state index < -0.39 is 29.2 Å². The van der Waals surface area contributed by atoms with Crippen molar-refractivity contribution in [1.29, 1.82) is 0 Å². The molecule has 2 saturated carbocycles. The molecule has 0 radical (unpaired) electrons. The van der Waals surface area contributed by atoms with Crippen LogP contribution >= 0.6 is 0 Å². The quantitative estimate of drug-likeness (QED) is 0.513. The number of hydrogen-bond acceptors (Lipinski definition) is 8. The summed E-state index contributed by atoms with van der Waals surface area (Å²) in [6.07, 6.45) is 5.31. The highest BCUT2D eigenvalue weighted by Crippen LogP contribution is 2.69. The number of ether oxygens (including phenoxy) is 4. The van der Waals surface area contributed by atoms with E-state index in [2.05, 4.69) is 6.92 Å². The Morgan fingerprint density at radius 1 is 1.16 bits per heavy atom. The second-order valence-electron chi connectivity index (χ2n) is 9.92. The molecule has 0 N–H and O–H groups in total. The zero-order valence-corrected chi connectivity index (χ0v) is 18.7. The summed E-state index contributed by atoms with van der Waals surface area (Å²) in [5, 5.41) is 0. The molecular weight excluding hydrogens is 416 g/mol. The lowest BCUT2D eigenvalue weighted by Gasteiger charge is -2.59. The van der Waals surface area contributed by atoms with Gasteiger partial charge in [0.05, 0.1) is 24.5 Å². The molecule has 174 valence electrons. The van der Waals surface area contributed by atoms with Gasteiger partial charge in [0.2, 0.25) is 6.29 Å². The minimum Gasteiger partial charge on any atom is -0.472 e. The van der Waals surface area contributed by atoms with Crippen LogP contribution < -0.4 is 0 Å².